The van der Waals surface area contributed by atoms with Crippen molar-refractivity contribution in [3.8, 4) is 0 Å². The molecule has 1 rings (SSSR count). The van der Waals surface area contributed by atoms with Crippen molar-refractivity contribution in [3.05, 3.63) is 30.3 Å². The zero-order valence-corrected chi connectivity index (χ0v) is 9.75. The van der Waals surface area contributed by atoms with Crippen LogP contribution in [0.25, 0.3) is 0 Å². The van der Waals surface area contributed by atoms with Gasteiger partial charge in [0.1, 0.15) is 0 Å². The molecule has 0 aliphatic rings. The minimum absolute atomic E-state index is 0.806. The second-order valence-corrected chi connectivity index (χ2v) is 10.4. The Kier molecular flexibility index (Phi) is 3.20. The van der Waals surface area contributed by atoms with Crippen molar-refractivity contribution in [2.24, 2.45) is 0 Å². The van der Waals surface area contributed by atoms with Crippen LogP contribution in [0.15, 0.2) is 30.3 Å². The number of halogens is 1. The van der Waals surface area contributed by atoms with Crippen LogP contribution in [-0.4, -0.2) is 27.7 Å². The maximum atomic E-state index is 10.5. The molecule has 0 heterocycles. The van der Waals surface area contributed by atoms with Crippen LogP contribution in [0.1, 0.15) is 0 Å². The van der Waals surface area contributed by atoms with Gasteiger partial charge in [0.05, 0.1) is 0 Å². The van der Waals surface area contributed by atoms with E-state index in [1.54, 1.807) is 12.1 Å². The van der Waals surface area contributed by atoms with Crippen LogP contribution >= 0.6 is 8.92 Å². The number of benzene rings is 1. The van der Waals surface area contributed by atoms with E-state index in [-0.39, 0.29) is 0 Å². The third kappa shape index (κ3) is 2.38. The van der Waals surface area contributed by atoms with E-state index in [0.29, 0.717) is 0 Å². The summed E-state index contributed by atoms with van der Waals surface area (Å²) in [7, 11) is 5.75. The molecule has 1 N–H and O–H groups in total. The maximum absolute atomic E-state index is 10.5. The van der Waals surface area contributed by atoms with Crippen LogP contribution in [0.2, 0.25) is 0 Å². The van der Waals surface area contributed by atoms with Gasteiger partial charge < -0.3 is 0 Å². The summed E-state index contributed by atoms with van der Waals surface area (Å²) in [6.45, 7) is 0. The van der Waals surface area contributed by atoms with Crippen LogP contribution in [0.3, 0.4) is 0 Å². The van der Waals surface area contributed by atoms with Gasteiger partial charge in [-0.25, -0.2) is 0 Å². The molecule has 58 valence electrons. The fraction of sp³-hybridized carbons (Fsp3) is 0. The third-order valence-corrected chi connectivity index (χ3v) is 8.26. The predicted molar refractivity (Wildman–Crippen MR) is 47.1 cm³/mol. The van der Waals surface area contributed by atoms with Crippen molar-refractivity contribution in [1.82, 2.24) is 0 Å². The molecule has 0 aliphatic carbocycles. The summed E-state index contributed by atoms with van der Waals surface area (Å²) in [5.74, 6) is 0. The van der Waals surface area contributed by atoms with E-state index in [1.165, 1.54) is 0 Å². The van der Waals surface area contributed by atoms with Crippen molar-refractivity contribution in [1.29, 1.82) is 0 Å². The molecular weight excluding hydrogens is 270 g/mol. The summed E-state index contributed by atoms with van der Waals surface area (Å²) < 4.78 is 0.0168. The molecule has 11 heavy (non-hydrogen) atoms. The topological polar surface area (TPSA) is 37.3 Å². The molecule has 0 fully saturated rings. The van der Waals surface area contributed by atoms with E-state index in [9.17, 15) is 4.79 Å². The van der Waals surface area contributed by atoms with Gasteiger partial charge in [-0.2, -0.15) is 0 Å². The van der Waals surface area contributed by atoms with Gasteiger partial charge in [-0.1, -0.05) is 0 Å². The zero-order chi connectivity index (χ0) is 8.27. The van der Waals surface area contributed by atoms with Gasteiger partial charge in [-0.3, -0.25) is 0 Å². The van der Waals surface area contributed by atoms with Crippen LogP contribution < -0.4 is 3.58 Å². The van der Waals surface area contributed by atoms with Crippen molar-refractivity contribution in [3.63, 3.8) is 0 Å². The molecule has 1 atom stereocenters. The van der Waals surface area contributed by atoms with E-state index in [1.807, 2.05) is 18.2 Å². The molecule has 1 aromatic rings. The van der Waals surface area contributed by atoms with Gasteiger partial charge in [-0.05, 0) is 0 Å². The van der Waals surface area contributed by atoms with Crippen LogP contribution in [0.5, 0.6) is 0 Å². The SMILES string of the molecule is O=[C](O)[SnH]([Cl])[c]1ccccc1. The second-order valence-electron chi connectivity index (χ2n) is 2.11. The van der Waals surface area contributed by atoms with E-state index in [2.05, 4.69) is 0 Å². The second kappa shape index (κ2) is 3.97. The summed E-state index contributed by atoms with van der Waals surface area (Å²) in [6.07, 6.45) is 0. The van der Waals surface area contributed by atoms with Crippen molar-refractivity contribution < 1.29 is 9.90 Å². The molecule has 0 saturated heterocycles. The molecule has 0 aromatic heterocycles. The monoisotopic (exact) mass is 278 g/mol. The Bertz CT molecular complexity index is 250. The third-order valence-electron chi connectivity index (χ3n) is 1.31. The average molecular weight is 277 g/mol. The van der Waals surface area contributed by atoms with E-state index in [0.717, 1.165) is 3.58 Å². The van der Waals surface area contributed by atoms with Crippen LogP contribution in [0, 0.1) is 0 Å². The number of carboxylic acid groups (broad SMARTS) is 1. The number of rotatable bonds is 2. The van der Waals surface area contributed by atoms with Crippen molar-refractivity contribution >= 4 is 35.1 Å². The normalized spacial score (nSPS) is 12.5. The Morgan fingerprint density at radius 2 is 1.91 bits per heavy atom. The van der Waals surface area contributed by atoms with E-state index < -0.39 is 22.6 Å². The molecule has 4 heteroatoms. The quantitative estimate of drug-likeness (QED) is 0.822. The van der Waals surface area contributed by atoms with Crippen LogP contribution in [0.4, 0.5) is 4.79 Å². The number of hydrogen-bond donors (Lipinski definition) is 1. The number of carbonyl (C=O) groups is 1. The van der Waals surface area contributed by atoms with Crippen molar-refractivity contribution in [2.45, 2.75) is 0 Å². The average Bonchev–Trinajstić information content (AvgIpc) is 2.05. The molecule has 1 unspecified atom stereocenters. The Morgan fingerprint density at radius 3 is 2.36 bits per heavy atom. The Hall–Kier alpha value is -0.221. The Morgan fingerprint density at radius 1 is 1.36 bits per heavy atom. The van der Waals surface area contributed by atoms with Gasteiger partial charge in [-0.15, -0.1) is 0 Å². The fourth-order valence-corrected chi connectivity index (χ4v) is 4.15. The summed E-state index contributed by atoms with van der Waals surface area (Å²) >= 11 is -2.92. The van der Waals surface area contributed by atoms with Gasteiger partial charge >= 0.3 is 75.4 Å². The van der Waals surface area contributed by atoms with E-state index in [4.69, 9.17) is 14.0 Å². The van der Waals surface area contributed by atoms with Crippen LogP contribution in [-0.2, 0) is 0 Å². The summed E-state index contributed by atoms with van der Waals surface area (Å²) in [6, 6.07) is 9.03. The molecule has 0 aliphatic heterocycles. The van der Waals surface area contributed by atoms with E-state index >= 15 is 0 Å². The first-order valence-corrected chi connectivity index (χ1v) is 10.6. The molecule has 0 saturated carbocycles. The Labute approximate surface area is 75.3 Å². The molecule has 2 nitrogen and oxygen atoms in total. The first-order valence-electron chi connectivity index (χ1n) is 3.13. The van der Waals surface area contributed by atoms with Crippen molar-refractivity contribution in [2.75, 3.05) is 0 Å². The first-order chi connectivity index (χ1) is 5.22. The molecule has 0 spiro atoms. The summed E-state index contributed by atoms with van der Waals surface area (Å²) in [4.78, 5) is 10.5. The van der Waals surface area contributed by atoms with Gasteiger partial charge in [0.25, 0.3) is 0 Å². The van der Waals surface area contributed by atoms with Gasteiger partial charge in [0, 0.05) is 0 Å². The molecular formula is C7H7ClO2Sn. The minimum atomic E-state index is -2.92. The zero-order valence-electron chi connectivity index (χ0n) is 5.70. The fourth-order valence-electron chi connectivity index (χ4n) is 0.765. The summed E-state index contributed by atoms with van der Waals surface area (Å²) in [5.41, 5.74) is 0. The number of hydrogen-bond acceptors (Lipinski definition) is 1. The Balaban J connectivity index is 2.85. The molecule has 0 bridgehead atoms. The van der Waals surface area contributed by atoms with Gasteiger partial charge in [0.2, 0.25) is 0 Å². The summed E-state index contributed by atoms with van der Waals surface area (Å²) in [5, 5.41) is 8.60. The molecule has 0 amide bonds. The molecule has 0 radical (unpaired) electrons. The standard InChI is InChI=1S/C6H5.CHO2.ClH.Sn.H/c1-2-4-6-5-3-1;2-1-3;;;/h1-5H;(H,2,3);1H;;/q;;;+1;/p-1. The van der Waals surface area contributed by atoms with Gasteiger partial charge in [0.15, 0.2) is 0 Å². The molecule has 1 aromatic carbocycles. The predicted octanol–water partition coefficient (Wildman–Crippen LogP) is 1.12. The first kappa shape index (κ1) is 8.87.